The van der Waals surface area contributed by atoms with Crippen molar-refractivity contribution in [2.24, 2.45) is 11.7 Å². The number of carbonyl (C=O) groups excluding carboxylic acids is 1. The Hall–Kier alpha value is -0.610. The van der Waals surface area contributed by atoms with Crippen LogP contribution in [0.2, 0.25) is 0 Å². The molecule has 4 heteroatoms. The van der Waals surface area contributed by atoms with E-state index >= 15 is 0 Å². The zero-order valence-electron chi connectivity index (χ0n) is 11.4. The third-order valence-corrected chi connectivity index (χ3v) is 3.72. The standard InChI is InChI=1S/C13H27N3O/c1-4-16(5-2)9-10(3)15-13(17)11-7-6-8-12(11)14/h10-12H,4-9,14H2,1-3H3,(H,15,17). The van der Waals surface area contributed by atoms with Gasteiger partial charge >= 0.3 is 0 Å². The SMILES string of the molecule is CCN(CC)CC(C)NC(=O)C1CCCC1N. The van der Waals surface area contributed by atoms with E-state index in [1.807, 2.05) is 0 Å². The average molecular weight is 241 g/mol. The van der Waals surface area contributed by atoms with Gasteiger partial charge in [0.25, 0.3) is 0 Å². The van der Waals surface area contributed by atoms with Crippen molar-refractivity contribution in [1.29, 1.82) is 0 Å². The summed E-state index contributed by atoms with van der Waals surface area (Å²) in [4.78, 5) is 14.3. The molecule has 1 saturated carbocycles. The monoisotopic (exact) mass is 241 g/mol. The lowest BCUT2D eigenvalue weighted by atomic mass is 10.0. The van der Waals surface area contributed by atoms with Gasteiger partial charge in [-0.1, -0.05) is 20.3 Å². The van der Waals surface area contributed by atoms with E-state index in [2.05, 4.69) is 31.0 Å². The van der Waals surface area contributed by atoms with Crippen molar-refractivity contribution in [1.82, 2.24) is 10.2 Å². The fraction of sp³-hybridized carbons (Fsp3) is 0.923. The van der Waals surface area contributed by atoms with Crippen LogP contribution in [-0.2, 0) is 4.79 Å². The second-order valence-electron chi connectivity index (χ2n) is 5.10. The molecule has 0 saturated heterocycles. The third-order valence-electron chi connectivity index (χ3n) is 3.72. The van der Waals surface area contributed by atoms with Crippen LogP contribution in [-0.4, -0.2) is 42.5 Å². The van der Waals surface area contributed by atoms with E-state index < -0.39 is 0 Å². The fourth-order valence-corrected chi connectivity index (χ4v) is 2.58. The molecule has 17 heavy (non-hydrogen) atoms. The highest BCUT2D eigenvalue weighted by Gasteiger charge is 2.30. The number of likely N-dealkylation sites (N-methyl/N-ethyl adjacent to an activating group) is 1. The maximum Gasteiger partial charge on any atom is 0.224 e. The van der Waals surface area contributed by atoms with Crippen LogP contribution < -0.4 is 11.1 Å². The van der Waals surface area contributed by atoms with E-state index in [-0.39, 0.29) is 23.9 Å². The highest BCUT2D eigenvalue weighted by molar-refractivity contribution is 5.80. The summed E-state index contributed by atoms with van der Waals surface area (Å²) in [5.74, 6) is 0.184. The molecule has 0 radical (unpaired) electrons. The van der Waals surface area contributed by atoms with Gasteiger partial charge in [-0.15, -0.1) is 0 Å². The number of hydrogen-bond donors (Lipinski definition) is 2. The van der Waals surface area contributed by atoms with Gasteiger partial charge in [0.15, 0.2) is 0 Å². The molecule has 3 atom stereocenters. The van der Waals surface area contributed by atoms with Gasteiger partial charge < -0.3 is 16.0 Å². The Morgan fingerprint density at radius 2 is 2.06 bits per heavy atom. The van der Waals surface area contributed by atoms with Gasteiger partial charge in [-0.25, -0.2) is 0 Å². The Morgan fingerprint density at radius 1 is 1.41 bits per heavy atom. The van der Waals surface area contributed by atoms with Crippen LogP contribution in [0.15, 0.2) is 0 Å². The number of carbonyl (C=O) groups is 1. The predicted octanol–water partition coefficient (Wildman–Crippen LogP) is 0.960. The van der Waals surface area contributed by atoms with Crippen molar-refractivity contribution >= 4 is 5.91 Å². The van der Waals surface area contributed by atoms with Crippen molar-refractivity contribution in [3.05, 3.63) is 0 Å². The quantitative estimate of drug-likeness (QED) is 0.728. The minimum Gasteiger partial charge on any atom is -0.352 e. The first-order chi connectivity index (χ1) is 8.08. The normalized spacial score (nSPS) is 26.2. The molecule has 0 aliphatic heterocycles. The molecule has 0 aromatic heterocycles. The predicted molar refractivity (Wildman–Crippen MR) is 70.7 cm³/mol. The molecule has 0 aromatic rings. The Balaban J connectivity index is 2.34. The molecule has 3 N–H and O–H groups in total. The van der Waals surface area contributed by atoms with E-state index in [0.717, 1.165) is 38.9 Å². The van der Waals surface area contributed by atoms with Crippen LogP contribution in [0, 0.1) is 5.92 Å². The Bertz CT molecular complexity index is 241. The first-order valence-corrected chi connectivity index (χ1v) is 6.86. The second-order valence-corrected chi connectivity index (χ2v) is 5.10. The molecule has 4 nitrogen and oxygen atoms in total. The van der Waals surface area contributed by atoms with Crippen LogP contribution in [0.3, 0.4) is 0 Å². The lowest BCUT2D eigenvalue weighted by Gasteiger charge is -2.25. The van der Waals surface area contributed by atoms with Gasteiger partial charge in [0.2, 0.25) is 5.91 Å². The summed E-state index contributed by atoms with van der Waals surface area (Å²) in [6, 6.07) is 0.269. The van der Waals surface area contributed by atoms with Crippen LogP contribution in [0.1, 0.15) is 40.0 Å². The Labute approximate surface area is 105 Å². The van der Waals surface area contributed by atoms with Crippen molar-refractivity contribution < 1.29 is 4.79 Å². The van der Waals surface area contributed by atoms with Gasteiger partial charge in [0.1, 0.15) is 0 Å². The Kier molecular flexibility index (Phi) is 5.92. The van der Waals surface area contributed by atoms with Crippen LogP contribution in [0.5, 0.6) is 0 Å². The molecule has 0 spiro atoms. The van der Waals surface area contributed by atoms with Crippen LogP contribution >= 0.6 is 0 Å². The van der Waals surface area contributed by atoms with E-state index in [1.165, 1.54) is 0 Å². The lowest BCUT2D eigenvalue weighted by Crippen LogP contribution is -2.46. The molecular formula is C13H27N3O. The molecule has 0 bridgehead atoms. The molecule has 1 aliphatic carbocycles. The zero-order chi connectivity index (χ0) is 12.8. The van der Waals surface area contributed by atoms with Crippen molar-refractivity contribution in [2.45, 2.75) is 52.1 Å². The van der Waals surface area contributed by atoms with Crippen molar-refractivity contribution in [2.75, 3.05) is 19.6 Å². The minimum atomic E-state index is 0.0363. The van der Waals surface area contributed by atoms with Gasteiger partial charge in [-0.3, -0.25) is 4.79 Å². The number of nitrogens with one attached hydrogen (secondary N) is 1. The molecule has 0 heterocycles. The second kappa shape index (κ2) is 6.97. The summed E-state index contributed by atoms with van der Waals surface area (Å²) in [6.07, 6.45) is 3.02. The van der Waals surface area contributed by atoms with Crippen molar-refractivity contribution in [3.8, 4) is 0 Å². The number of amides is 1. The van der Waals surface area contributed by atoms with Gasteiger partial charge in [0.05, 0.1) is 5.92 Å². The molecule has 1 amide bonds. The lowest BCUT2D eigenvalue weighted by molar-refractivity contribution is -0.125. The molecule has 1 rings (SSSR count). The molecular weight excluding hydrogens is 214 g/mol. The van der Waals surface area contributed by atoms with E-state index in [9.17, 15) is 4.79 Å². The fourth-order valence-electron chi connectivity index (χ4n) is 2.58. The summed E-state index contributed by atoms with van der Waals surface area (Å²) in [5, 5.41) is 3.09. The first-order valence-electron chi connectivity index (χ1n) is 6.86. The number of nitrogens with two attached hydrogens (primary N) is 1. The number of nitrogens with zero attached hydrogens (tertiary/aromatic N) is 1. The summed E-state index contributed by atoms with van der Waals surface area (Å²) >= 11 is 0. The molecule has 1 fully saturated rings. The average Bonchev–Trinajstić information content (AvgIpc) is 2.72. The summed E-state index contributed by atoms with van der Waals surface area (Å²) in [6.45, 7) is 9.33. The Morgan fingerprint density at radius 3 is 2.53 bits per heavy atom. The van der Waals surface area contributed by atoms with Gasteiger partial charge in [0, 0.05) is 18.6 Å². The van der Waals surface area contributed by atoms with E-state index in [1.54, 1.807) is 0 Å². The molecule has 1 aliphatic rings. The zero-order valence-corrected chi connectivity index (χ0v) is 11.4. The molecule has 100 valence electrons. The largest absolute Gasteiger partial charge is 0.352 e. The molecule has 0 aromatic carbocycles. The third kappa shape index (κ3) is 4.28. The smallest absolute Gasteiger partial charge is 0.224 e. The maximum atomic E-state index is 12.0. The maximum absolute atomic E-state index is 12.0. The van der Waals surface area contributed by atoms with Crippen LogP contribution in [0.25, 0.3) is 0 Å². The highest BCUT2D eigenvalue weighted by Crippen LogP contribution is 2.24. The molecule has 3 unspecified atom stereocenters. The van der Waals surface area contributed by atoms with Gasteiger partial charge in [-0.05, 0) is 32.9 Å². The highest BCUT2D eigenvalue weighted by atomic mass is 16.2. The van der Waals surface area contributed by atoms with Crippen molar-refractivity contribution in [3.63, 3.8) is 0 Å². The number of hydrogen-bond acceptors (Lipinski definition) is 3. The van der Waals surface area contributed by atoms with E-state index in [4.69, 9.17) is 5.73 Å². The van der Waals surface area contributed by atoms with Gasteiger partial charge in [-0.2, -0.15) is 0 Å². The minimum absolute atomic E-state index is 0.0363. The first kappa shape index (κ1) is 14.5. The summed E-state index contributed by atoms with van der Waals surface area (Å²) < 4.78 is 0. The van der Waals surface area contributed by atoms with Crippen LogP contribution in [0.4, 0.5) is 0 Å². The topological polar surface area (TPSA) is 58.4 Å². The van der Waals surface area contributed by atoms with E-state index in [0.29, 0.717) is 0 Å². The summed E-state index contributed by atoms with van der Waals surface area (Å²) in [7, 11) is 0. The number of rotatable bonds is 6. The summed E-state index contributed by atoms with van der Waals surface area (Å²) in [5.41, 5.74) is 5.94.